The minimum absolute atomic E-state index is 0.0143. The van der Waals surface area contributed by atoms with Gasteiger partial charge in [-0.2, -0.15) is 4.72 Å². The molecule has 0 unspecified atom stereocenters. The third kappa shape index (κ3) is 4.55. The van der Waals surface area contributed by atoms with Crippen LogP contribution < -0.4 is 15.2 Å². The standard InChI is InChI=1S/C7H8ClN3O4S2.C3H6O2/c8-4-1-5-7(2-6(4)16(9,12)13)17(14,15)11-3-10-5;1-3(4)5-2/h1-2,10-11H,3H2,(H2,9,12,13);1-2H3. The van der Waals surface area contributed by atoms with Crippen molar-refractivity contribution in [2.45, 2.75) is 16.7 Å². The zero-order valence-corrected chi connectivity index (χ0v) is 14.0. The second-order valence-electron chi connectivity index (χ2n) is 4.02. The van der Waals surface area contributed by atoms with Gasteiger partial charge in [0.05, 0.1) is 24.5 Å². The van der Waals surface area contributed by atoms with Crippen LogP contribution in [0, 0.1) is 0 Å². The zero-order valence-electron chi connectivity index (χ0n) is 11.6. The topological polar surface area (TPSA) is 145 Å². The van der Waals surface area contributed by atoms with Gasteiger partial charge in [0, 0.05) is 6.92 Å². The molecule has 0 spiro atoms. The molecule has 22 heavy (non-hydrogen) atoms. The van der Waals surface area contributed by atoms with E-state index in [9.17, 15) is 21.6 Å². The fraction of sp³-hybridized carbons (Fsp3) is 0.300. The Labute approximate surface area is 132 Å². The van der Waals surface area contributed by atoms with Crippen LogP contribution in [-0.2, 0) is 29.6 Å². The number of esters is 1. The Morgan fingerprint density at radius 1 is 1.41 bits per heavy atom. The van der Waals surface area contributed by atoms with E-state index in [2.05, 4.69) is 14.8 Å². The first kappa shape index (κ1) is 18.6. The first-order chi connectivity index (χ1) is 9.99. The largest absolute Gasteiger partial charge is 0.469 e. The van der Waals surface area contributed by atoms with Crippen molar-refractivity contribution in [2.75, 3.05) is 19.1 Å². The average Bonchev–Trinajstić information content (AvgIpc) is 2.36. The number of anilines is 1. The molecule has 1 aromatic carbocycles. The molecule has 1 heterocycles. The minimum atomic E-state index is -4.07. The number of carbonyl (C=O) groups excluding carboxylic acids is 1. The number of primary sulfonamides is 1. The third-order valence-electron chi connectivity index (χ3n) is 2.46. The van der Waals surface area contributed by atoms with E-state index in [0.717, 1.165) is 6.07 Å². The molecule has 9 nitrogen and oxygen atoms in total. The molecule has 0 bridgehead atoms. The molecule has 0 saturated carbocycles. The number of fused-ring (bicyclic) bond motifs is 1. The molecule has 0 aliphatic carbocycles. The molecule has 12 heteroatoms. The predicted octanol–water partition coefficient (Wildman–Crippen LogP) is -0.172. The van der Waals surface area contributed by atoms with Gasteiger partial charge in [-0.1, -0.05) is 11.6 Å². The van der Waals surface area contributed by atoms with Crippen molar-refractivity contribution in [3.63, 3.8) is 0 Å². The third-order valence-corrected chi connectivity index (χ3v) is 5.28. The Kier molecular flexibility index (Phi) is 5.76. The van der Waals surface area contributed by atoms with E-state index in [1.165, 1.54) is 20.1 Å². The smallest absolute Gasteiger partial charge is 0.302 e. The lowest BCUT2D eigenvalue weighted by atomic mass is 10.3. The normalized spacial score (nSPS) is 15.6. The van der Waals surface area contributed by atoms with Crippen LogP contribution in [0.2, 0.25) is 5.02 Å². The molecule has 1 aliphatic heterocycles. The summed E-state index contributed by atoms with van der Waals surface area (Å²) < 4.78 is 52.0. The maximum Gasteiger partial charge on any atom is 0.302 e. The second kappa shape index (κ2) is 6.79. The summed E-state index contributed by atoms with van der Waals surface area (Å²) in [5.74, 6) is -0.245. The summed E-state index contributed by atoms with van der Waals surface area (Å²) in [6.45, 7) is 1.38. The summed E-state index contributed by atoms with van der Waals surface area (Å²) >= 11 is 5.72. The number of sulfonamides is 2. The Morgan fingerprint density at radius 2 is 1.95 bits per heavy atom. The molecular weight excluding hydrogens is 358 g/mol. The van der Waals surface area contributed by atoms with E-state index in [0.29, 0.717) is 0 Å². The van der Waals surface area contributed by atoms with E-state index in [1.54, 1.807) is 0 Å². The molecule has 0 amide bonds. The second-order valence-corrected chi connectivity index (χ2v) is 7.69. The first-order valence-corrected chi connectivity index (χ1v) is 9.04. The fourth-order valence-corrected chi connectivity index (χ4v) is 3.70. The van der Waals surface area contributed by atoms with Crippen molar-refractivity contribution >= 4 is 43.3 Å². The highest BCUT2D eigenvalue weighted by Gasteiger charge is 2.26. The van der Waals surface area contributed by atoms with Crippen LogP contribution in [0.1, 0.15) is 6.92 Å². The monoisotopic (exact) mass is 371 g/mol. The van der Waals surface area contributed by atoms with Gasteiger partial charge in [0.1, 0.15) is 9.79 Å². The summed E-state index contributed by atoms with van der Waals surface area (Å²) in [6, 6.07) is 2.15. The van der Waals surface area contributed by atoms with E-state index in [-0.39, 0.29) is 28.2 Å². The maximum absolute atomic E-state index is 11.6. The number of rotatable bonds is 1. The van der Waals surface area contributed by atoms with Gasteiger partial charge in [0.25, 0.3) is 0 Å². The number of carbonyl (C=O) groups is 1. The number of ether oxygens (including phenoxy) is 1. The molecular formula is C10H14ClN3O6S2. The van der Waals surface area contributed by atoms with Crippen molar-refractivity contribution in [2.24, 2.45) is 5.14 Å². The van der Waals surface area contributed by atoms with Crippen molar-refractivity contribution in [3.8, 4) is 0 Å². The molecule has 124 valence electrons. The lowest BCUT2D eigenvalue weighted by Crippen LogP contribution is -2.34. The van der Waals surface area contributed by atoms with Gasteiger partial charge >= 0.3 is 5.97 Å². The van der Waals surface area contributed by atoms with Crippen molar-refractivity contribution < 1.29 is 26.4 Å². The number of nitrogens with one attached hydrogen (secondary N) is 2. The zero-order chi connectivity index (χ0) is 17.1. The fourth-order valence-electron chi connectivity index (χ4n) is 1.42. The number of hydrogen-bond donors (Lipinski definition) is 3. The summed E-state index contributed by atoms with van der Waals surface area (Å²) in [7, 11) is -6.45. The summed E-state index contributed by atoms with van der Waals surface area (Å²) in [6.07, 6.45) is 0. The highest BCUT2D eigenvalue weighted by Crippen LogP contribution is 2.32. The van der Waals surface area contributed by atoms with Gasteiger partial charge in [-0.05, 0) is 12.1 Å². The number of benzene rings is 1. The SMILES string of the molecule is COC(C)=O.NS(=O)(=O)c1cc2c(cc1Cl)NCNS2(=O)=O. The molecule has 0 aromatic heterocycles. The van der Waals surface area contributed by atoms with Gasteiger partial charge in [-0.15, -0.1) is 0 Å². The Morgan fingerprint density at radius 3 is 2.41 bits per heavy atom. The lowest BCUT2D eigenvalue weighted by Gasteiger charge is -2.20. The molecule has 0 saturated heterocycles. The van der Waals surface area contributed by atoms with Crippen molar-refractivity contribution in [1.82, 2.24) is 4.72 Å². The molecule has 0 atom stereocenters. The average molecular weight is 372 g/mol. The van der Waals surface area contributed by atoms with Crippen LogP contribution in [-0.4, -0.2) is 36.6 Å². The molecule has 1 aliphatic rings. The van der Waals surface area contributed by atoms with E-state index >= 15 is 0 Å². The molecule has 0 radical (unpaired) electrons. The van der Waals surface area contributed by atoms with Crippen molar-refractivity contribution in [1.29, 1.82) is 0 Å². The highest BCUT2D eigenvalue weighted by atomic mass is 35.5. The van der Waals surface area contributed by atoms with Gasteiger partial charge in [-0.3, -0.25) is 4.79 Å². The minimum Gasteiger partial charge on any atom is -0.469 e. The Bertz CT molecular complexity index is 791. The van der Waals surface area contributed by atoms with Gasteiger partial charge < -0.3 is 10.1 Å². The van der Waals surface area contributed by atoms with Crippen LogP contribution in [0.5, 0.6) is 0 Å². The van der Waals surface area contributed by atoms with Crippen LogP contribution >= 0.6 is 11.6 Å². The van der Waals surface area contributed by atoms with Crippen molar-refractivity contribution in [3.05, 3.63) is 17.2 Å². The van der Waals surface area contributed by atoms with E-state index in [4.69, 9.17) is 16.7 Å². The van der Waals surface area contributed by atoms with Crippen LogP contribution in [0.4, 0.5) is 5.69 Å². The van der Waals surface area contributed by atoms with E-state index < -0.39 is 24.9 Å². The Balaban J connectivity index is 0.000000422. The van der Waals surface area contributed by atoms with Crippen LogP contribution in [0.15, 0.2) is 21.9 Å². The molecule has 2 rings (SSSR count). The summed E-state index contributed by atoms with van der Waals surface area (Å²) in [5.41, 5.74) is 0.237. The number of nitrogens with two attached hydrogens (primary N) is 1. The molecule has 4 N–H and O–H groups in total. The Hall–Kier alpha value is -1.40. The maximum atomic E-state index is 11.6. The van der Waals surface area contributed by atoms with Gasteiger partial charge in [0.15, 0.2) is 0 Å². The quantitative estimate of drug-likeness (QED) is 0.581. The molecule has 0 fully saturated rings. The highest BCUT2D eigenvalue weighted by molar-refractivity contribution is 7.90. The summed E-state index contributed by atoms with van der Waals surface area (Å²) in [5, 5.41) is 7.53. The molecule has 1 aromatic rings. The first-order valence-electron chi connectivity index (χ1n) is 5.63. The van der Waals surface area contributed by atoms with Crippen LogP contribution in [0.3, 0.4) is 0 Å². The van der Waals surface area contributed by atoms with Gasteiger partial charge in [-0.25, -0.2) is 22.0 Å². The lowest BCUT2D eigenvalue weighted by molar-refractivity contribution is -0.137. The predicted molar refractivity (Wildman–Crippen MR) is 79.3 cm³/mol. The van der Waals surface area contributed by atoms with Gasteiger partial charge in [0.2, 0.25) is 20.0 Å². The summed E-state index contributed by atoms with van der Waals surface area (Å²) in [4.78, 5) is 8.97. The van der Waals surface area contributed by atoms with E-state index in [1.807, 2.05) is 0 Å². The number of methoxy groups -OCH3 is 1. The van der Waals surface area contributed by atoms with Crippen LogP contribution in [0.25, 0.3) is 0 Å². The number of halogens is 1. The number of hydrogen-bond acceptors (Lipinski definition) is 7.